The van der Waals surface area contributed by atoms with Crippen molar-refractivity contribution in [2.24, 2.45) is 40.4 Å². The van der Waals surface area contributed by atoms with Crippen molar-refractivity contribution in [3.05, 3.63) is 149 Å². The molecule has 1 saturated carbocycles. The lowest BCUT2D eigenvalue weighted by Gasteiger charge is -2.35. The maximum atomic E-state index is 15.3. The summed E-state index contributed by atoms with van der Waals surface area (Å²) < 4.78 is 0.757. The van der Waals surface area contributed by atoms with Crippen molar-refractivity contribution in [1.82, 2.24) is 99.1 Å². The Balaban J connectivity index is 0.806. The van der Waals surface area contributed by atoms with E-state index in [4.69, 9.17) is 28.0 Å². The second-order valence-electron chi connectivity index (χ2n) is 39.0. The molecule has 0 bridgehead atoms. The predicted molar refractivity (Wildman–Crippen MR) is 532 cm³/mol. The molecule has 5 heterocycles. The van der Waals surface area contributed by atoms with Gasteiger partial charge in [-0.2, -0.15) is 0 Å². The highest BCUT2D eigenvalue weighted by atomic mass is 79.9. The summed E-state index contributed by atoms with van der Waals surface area (Å²) in [4.78, 5) is 244. The van der Waals surface area contributed by atoms with Crippen molar-refractivity contribution >= 4 is 122 Å². The number of rotatable bonds is 51. The fraction of sp³-hybridized carbons (Fsp3) is 0.550. The Kier molecular flexibility index (Phi) is 41.6. The third kappa shape index (κ3) is 32.8. The molecule has 770 valence electrons. The number of hydrogen-bond donors (Lipinski definition) is 21. The fourth-order valence-electron chi connectivity index (χ4n) is 18.9. The molecule has 1 aliphatic carbocycles. The maximum absolute atomic E-state index is 15.3. The van der Waals surface area contributed by atoms with Crippen LogP contribution in [0.25, 0.3) is 11.1 Å². The van der Waals surface area contributed by atoms with Crippen molar-refractivity contribution in [2.75, 3.05) is 52.4 Å². The van der Waals surface area contributed by atoms with Crippen LogP contribution in [0.5, 0.6) is 0 Å². The van der Waals surface area contributed by atoms with Gasteiger partial charge < -0.3 is 116 Å². The van der Waals surface area contributed by atoms with Crippen molar-refractivity contribution in [2.45, 2.75) is 274 Å². The van der Waals surface area contributed by atoms with Crippen LogP contribution in [0.1, 0.15) is 192 Å². The van der Waals surface area contributed by atoms with E-state index in [-0.39, 0.29) is 152 Å². The molecule has 5 aromatic rings. The number of aromatic nitrogens is 2. The first-order chi connectivity index (χ1) is 67.7. The number of carboxylic acid groups (broad SMARTS) is 1. The summed E-state index contributed by atoms with van der Waals surface area (Å²) in [6, 6.07) is 18.5. The predicted octanol–water partition coefficient (Wildman–Crippen LogP) is 1.99. The summed E-state index contributed by atoms with van der Waals surface area (Å²) >= 11 is 3.48. The van der Waals surface area contributed by atoms with E-state index in [1.54, 1.807) is 38.1 Å². The van der Waals surface area contributed by atoms with E-state index in [0.717, 1.165) is 34.0 Å². The molecule has 15 amide bonds. The molecule has 13 atom stereocenters. The van der Waals surface area contributed by atoms with Crippen LogP contribution in [0.4, 0.5) is 0 Å². The summed E-state index contributed by atoms with van der Waals surface area (Å²) in [5.41, 5.74) is 17.6. The van der Waals surface area contributed by atoms with Crippen molar-refractivity contribution in [3.8, 4) is 11.1 Å². The summed E-state index contributed by atoms with van der Waals surface area (Å²) in [7, 11) is 0. The Morgan fingerprint density at radius 3 is 1.64 bits per heavy atom. The number of nitrogens with zero attached hydrogens (tertiary/aromatic N) is 4. The molecular weight excluding hydrogens is 1890 g/mol. The standard InChI is InChI=1S/C100H141BrN24O17/c1-59(2)50-72(116-84(129)69(26-17-44-111-98(105)106)114-88(133)78-28-18-48-123(78)91(136)71(25-15-16-43-110-97(103)104)115-85(130)70(38-39-81(102)126)120-95(141)99(3,4)94(140)109-47-42-60-20-9-7-10-21-60)87(132)122-100(5,6)96(142)121-74(55-68-56-108-58-113-68)86(131)117-73(51-63-40-45-107-46-41-63)83(128)112-57-82(127)125-77-27-14-13-24-66(77)54-80(125)90(135)118-75(52-62-32-36-67(101)37-33-62)92(137)124-49-19-29-79(124)89(134)119-76(93(138)139)53-61-30-34-65(35-31-61)64-22-11-8-12-23-64/h7-12,20-23,30-37,56,58-59,63,66,69-80,107H,13-19,24-29,38-55,57H2,1-6H3,(H2,102,126)(H,108,113)(H,109,140)(H,112,128)(H,114,133)(H,115,130)(H,116,129)(H,117,131)(H,118,135)(H,119,134)(H,120,141)(H,121,142)(H,122,132)(H,138,139)(H4,103,104,110)(H4,105,106,111)/t66-,69+,70-,71-,72-,73-,74-,75-,76+,77-,78-,79-,80-/m0/s1. The monoisotopic (exact) mass is 2030 g/mol. The number of primary amides is 1. The molecule has 10 rings (SSSR count). The number of aromatic amines is 1. The first kappa shape index (κ1) is 111. The molecule has 1 aromatic heterocycles. The van der Waals surface area contributed by atoms with Crippen LogP contribution < -0.4 is 91.6 Å². The topological polar surface area (TPSA) is 626 Å². The van der Waals surface area contributed by atoms with Gasteiger partial charge in [-0.05, 0) is 214 Å². The van der Waals surface area contributed by atoms with Crippen molar-refractivity contribution < 1.29 is 81.8 Å². The number of nitrogens with one attached hydrogen (secondary N) is 17. The van der Waals surface area contributed by atoms with E-state index < -0.39 is 191 Å². The zero-order valence-electron chi connectivity index (χ0n) is 81.7. The second-order valence-corrected chi connectivity index (χ2v) is 39.9. The van der Waals surface area contributed by atoms with E-state index >= 15 is 28.8 Å². The number of likely N-dealkylation sites (tertiary alicyclic amines) is 3. The third-order valence-electron chi connectivity index (χ3n) is 26.9. The molecule has 42 heteroatoms. The molecule has 0 unspecified atom stereocenters. The lowest BCUT2D eigenvalue weighted by atomic mass is 9.84. The lowest BCUT2D eigenvalue weighted by molar-refractivity contribution is -0.145. The van der Waals surface area contributed by atoms with Crippen LogP contribution in [-0.2, 0) is 102 Å². The van der Waals surface area contributed by atoms with Crippen molar-refractivity contribution in [1.29, 1.82) is 10.8 Å². The Morgan fingerprint density at radius 2 is 1.04 bits per heavy atom. The minimum Gasteiger partial charge on any atom is -0.480 e. The molecule has 41 nitrogen and oxygen atoms in total. The zero-order valence-corrected chi connectivity index (χ0v) is 83.3. The number of aliphatic carboxylic acids is 1. The number of piperidine rings is 1. The zero-order chi connectivity index (χ0) is 103. The fourth-order valence-corrected chi connectivity index (χ4v) is 19.2. The number of benzene rings is 4. The second kappa shape index (κ2) is 53.4. The summed E-state index contributed by atoms with van der Waals surface area (Å²) in [5.74, 6) is -14.0. The number of fused-ring (bicyclic) bond motifs is 1. The highest BCUT2D eigenvalue weighted by molar-refractivity contribution is 9.10. The number of unbranched alkanes of at least 4 members (excludes halogenated alkanes) is 1. The molecule has 4 aliphatic heterocycles. The maximum Gasteiger partial charge on any atom is 0.326 e. The molecular formula is C100H141BrN24O17. The van der Waals surface area contributed by atoms with Gasteiger partial charge in [0.05, 0.1) is 18.6 Å². The van der Waals surface area contributed by atoms with Gasteiger partial charge in [-0.25, -0.2) is 9.78 Å². The Hall–Kier alpha value is -13.4. The van der Waals surface area contributed by atoms with Crippen LogP contribution in [0.3, 0.4) is 0 Å². The molecule has 0 radical (unpaired) electrons. The van der Waals surface area contributed by atoms with Gasteiger partial charge in [0, 0.05) is 75.1 Å². The van der Waals surface area contributed by atoms with Gasteiger partial charge in [0.15, 0.2) is 11.9 Å². The van der Waals surface area contributed by atoms with Crippen LogP contribution in [0, 0.1) is 34.0 Å². The minimum absolute atomic E-state index is 0.000842. The molecule has 4 aromatic carbocycles. The lowest BCUT2D eigenvalue weighted by Crippen LogP contribution is -2.63. The minimum atomic E-state index is -1.89. The van der Waals surface area contributed by atoms with Gasteiger partial charge in [-0.15, -0.1) is 0 Å². The van der Waals surface area contributed by atoms with E-state index in [0.29, 0.717) is 74.9 Å². The number of nitrogens with two attached hydrogens (primary N) is 3. The van der Waals surface area contributed by atoms with E-state index in [1.165, 1.54) is 54.9 Å². The van der Waals surface area contributed by atoms with Crippen LogP contribution in [0.2, 0.25) is 0 Å². The van der Waals surface area contributed by atoms with E-state index in [2.05, 4.69) is 100 Å². The SMILES string of the molecule is CC(C)C[C@H](NC(=O)[C@@H](CCCNC(=N)N)NC(=O)[C@@H]1CCCN1C(=O)[C@H](CCCCNC(=N)N)NC(=O)[C@H](CCC(N)=O)NC(=O)C(C)(C)C(=O)NCCc1ccccc1)C(=O)NC(C)(C)C(=O)N[C@@H](Cc1c[nH]cn1)C(=O)N[C@@H](CC1CCNCC1)C(=O)NCC(=O)N1[C@H](C(=O)N[C@@H](Cc2ccc(Br)cc2)C(=O)N2CCC[C@H]2C(=O)N[C@H](Cc2ccc(-c3ccccc3)cc2)C(=O)O)C[C@@H]2CCCC[C@@H]21. The third-order valence-corrected chi connectivity index (χ3v) is 27.4. The number of H-pyrrole nitrogens is 1. The van der Waals surface area contributed by atoms with Crippen LogP contribution >= 0.6 is 15.9 Å². The smallest absolute Gasteiger partial charge is 0.326 e. The number of halogens is 1. The number of guanidine groups is 2. The molecule has 142 heavy (non-hydrogen) atoms. The largest absolute Gasteiger partial charge is 0.480 e. The number of hydrogen-bond acceptors (Lipinski definition) is 20. The first-order valence-corrected chi connectivity index (χ1v) is 50.0. The first-order valence-electron chi connectivity index (χ1n) is 49.3. The van der Waals surface area contributed by atoms with Crippen molar-refractivity contribution in [3.63, 3.8) is 0 Å². The Bertz CT molecular complexity index is 5200. The quantitative estimate of drug-likeness (QED) is 0.0115. The summed E-state index contributed by atoms with van der Waals surface area (Å²) in [5, 5.41) is 65.1. The van der Waals surface area contributed by atoms with Gasteiger partial charge in [-0.3, -0.25) is 82.7 Å². The molecule has 4 saturated heterocycles. The van der Waals surface area contributed by atoms with E-state index in [1.807, 2.05) is 84.9 Å². The number of imidazole rings is 1. The van der Waals surface area contributed by atoms with Gasteiger partial charge in [0.2, 0.25) is 88.6 Å². The number of carboxylic acids is 1. The summed E-state index contributed by atoms with van der Waals surface area (Å²) in [6.07, 6.45) is 8.14. The Morgan fingerprint density at radius 1 is 0.500 bits per heavy atom. The summed E-state index contributed by atoms with van der Waals surface area (Å²) in [6.45, 7) is 10.2. The Labute approximate surface area is 835 Å². The molecule has 24 N–H and O–H groups in total. The number of carbonyl (C=O) groups is 16. The van der Waals surface area contributed by atoms with Gasteiger partial charge in [0.1, 0.15) is 77.4 Å². The molecule has 0 spiro atoms. The number of carbonyl (C=O) groups excluding carboxylic acids is 15. The van der Waals surface area contributed by atoms with Crippen LogP contribution in [0.15, 0.2) is 126 Å². The van der Waals surface area contributed by atoms with Gasteiger partial charge in [-0.1, -0.05) is 140 Å². The number of amides is 15. The van der Waals surface area contributed by atoms with Crippen LogP contribution in [-0.4, -0.2) is 267 Å². The van der Waals surface area contributed by atoms with Gasteiger partial charge >= 0.3 is 5.97 Å². The molecule has 5 fully saturated rings. The highest BCUT2D eigenvalue weighted by Crippen LogP contribution is 2.40. The normalized spacial score (nSPS) is 18.6. The van der Waals surface area contributed by atoms with Gasteiger partial charge in [0.25, 0.3) is 0 Å². The van der Waals surface area contributed by atoms with E-state index in [9.17, 15) is 53.1 Å². The highest BCUT2D eigenvalue weighted by Gasteiger charge is 2.50. The average molecular weight is 2030 g/mol. The molecule has 5 aliphatic rings. The average Bonchev–Trinajstić information content (AvgIpc) is 1.62.